The number of imidazole rings is 1. The van der Waals surface area contributed by atoms with Gasteiger partial charge in [0.05, 0.1) is 17.6 Å². The zero-order valence-electron chi connectivity index (χ0n) is 11.3. The highest BCUT2D eigenvalue weighted by atomic mass is 16.4. The number of carboxylic acids is 1. The topological polar surface area (TPSA) is 68.3 Å². The number of benzene rings is 1. The number of aromatic nitrogens is 2. The lowest BCUT2D eigenvalue weighted by Crippen LogP contribution is -2.01. The number of fused-ring (bicyclic) bond motifs is 1. The molecule has 0 amide bonds. The van der Waals surface area contributed by atoms with Gasteiger partial charge in [-0.05, 0) is 38.1 Å². The third kappa shape index (κ3) is 1.97. The van der Waals surface area contributed by atoms with Crippen LogP contribution in [0.1, 0.15) is 27.7 Å². The number of hydrogen-bond donors (Lipinski definition) is 1. The molecule has 0 fully saturated rings. The monoisotopic (exact) mass is 270 g/mol. The number of carboxylic acid groups (broad SMARTS) is 1. The lowest BCUT2D eigenvalue weighted by atomic mass is 10.2. The van der Waals surface area contributed by atoms with Crippen LogP contribution in [0.4, 0.5) is 0 Å². The van der Waals surface area contributed by atoms with Crippen molar-refractivity contribution in [2.75, 3.05) is 0 Å². The van der Waals surface area contributed by atoms with Gasteiger partial charge in [-0.1, -0.05) is 6.07 Å². The molecule has 5 nitrogen and oxygen atoms in total. The van der Waals surface area contributed by atoms with Gasteiger partial charge in [0.15, 0.2) is 0 Å². The highest BCUT2D eigenvalue weighted by molar-refractivity contribution is 6.01. The predicted molar refractivity (Wildman–Crippen MR) is 74.0 cm³/mol. The molecule has 0 saturated carbocycles. The predicted octanol–water partition coefficient (Wildman–Crippen LogP) is 2.99. The average molecular weight is 270 g/mol. The Hall–Kier alpha value is -2.56. The van der Waals surface area contributed by atoms with E-state index in [-0.39, 0.29) is 5.56 Å². The highest BCUT2D eigenvalue weighted by Gasteiger charge is 2.15. The molecule has 3 aromatic rings. The smallest absolute Gasteiger partial charge is 0.337 e. The molecule has 0 aliphatic heterocycles. The lowest BCUT2D eigenvalue weighted by Gasteiger charge is -2.04. The summed E-state index contributed by atoms with van der Waals surface area (Å²) in [4.78, 5) is 15.6. The molecule has 0 aliphatic carbocycles. The summed E-state index contributed by atoms with van der Waals surface area (Å²) in [7, 11) is 0. The molecule has 0 unspecified atom stereocenters. The molecule has 0 radical (unpaired) electrons. The first-order valence-corrected chi connectivity index (χ1v) is 6.30. The van der Waals surface area contributed by atoms with E-state index in [1.165, 1.54) is 0 Å². The van der Waals surface area contributed by atoms with Gasteiger partial charge in [-0.2, -0.15) is 0 Å². The third-order valence-corrected chi connectivity index (χ3v) is 3.31. The number of furan rings is 1. The molecule has 1 aromatic carbocycles. The van der Waals surface area contributed by atoms with Crippen LogP contribution < -0.4 is 0 Å². The molecule has 20 heavy (non-hydrogen) atoms. The average Bonchev–Trinajstić information content (AvgIpc) is 2.94. The first kappa shape index (κ1) is 12.5. The Balaban J connectivity index is 2.14. The summed E-state index contributed by atoms with van der Waals surface area (Å²) in [5, 5.41) is 9.21. The van der Waals surface area contributed by atoms with Crippen LogP contribution in [0.15, 0.2) is 34.7 Å². The number of carbonyl (C=O) groups is 1. The van der Waals surface area contributed by atoms with Crippen LogP contribution in [0.2, 0.25) is 0 Å². The van der Waals surface area contributed by atoms with Gasteiger partial charge in [0.2, 0.25) is 0 Å². The fraction of sp³-hybridized carbons (Fsp3) is 0.200. The van der Waals surface area contributed by atoms with Gasteiger partial charge < -0.3 is 14.1 Å². The Labute approximate surface area is 115 Å². The zero-order valence-corrected chi connectivity index (χ0v) is 11.3. The fourth-order valence-electron chi connectivity index (χ4n) is 2.36. The Morgan fingerprint density at radius 3 is 2.75 bits per heavy atom. The molecule has 2 aromatic heterocycles. The Morgan fingerprint density at radius 1 is 1.30 bits per heavy atom. The van der Waals surface area contributed by atoms with Crippen molar-refractivity contribution >= 4 is 17.0 Å². The van der Waals surface area contributed by atoms with E-state index in [1.54, 1.807) is 12.1 Å². The Bertz CT molecular complexity index is 799. The lowest BCUT2D eigenvalue weighted by molar-refractivity contribution is 0.0699. The molecular formula is C15H14N2O3. The van der Waals surface area contributed by atoms with Crippen LogP contribution in [-0.2, 0) is 6.54 Å². The number of nitrogens with zero attached hydrogens (tertiary/aromatic N) is 2. The first-order valence-electron chi connectivity index (χ1n) is 6.30. The van der Waals surface area contributed by atoms with Crippen LogP contribution in [0.5, 0.6) is 0 Å². The van der Waals surface area contributed by atoms with Crippen LogP contribution in [0.3, 0.4) is 0 Å². The molecule has 1 N–H and O–H groups in total. The van der Waals surface area contributed by atoms with E-state index in [0.717, 1.165) is 22.9 Å². The molecule has 0 saturated heterocycles. The standard InChI is InChI=1S/C15H14N2O3/c1-9-6-7-11(20-9)8-17-10(2)16-14-12(15(18)19)4-3-5-13(14)17/h3-7H,8H2,1-2H3,(H,18,19). The second-order valence-electron chi connectivity index (χ2n) is 4.74. The summed E-state index contributed by atoms with van der Waals surface area (Å²) in [6, 6.07) is 9.00. The van der Waals surface area contributed by atoms with Crippen LogP contribution in [0.25, 0.3) is 11.0 Å². The minimum atomic E-state index is -0.964. The van der Waals surface area contributed by atoms with Crippen LogP contribution >= 0.6 is 0 Å². The largest absolute Gasteiger partial charge is 0.478 e. The third-order valence-electron chi connectivity index (χ3n) is 3.31. The maximum absolute atomic E-state index is 11.2. The molecule has 0 aliphatic rings. The second-order valence-corrected chi connectivity index (χ2v) is 4.74. The van der Waals surface area contributed by atoms with Crippen molar-refractivity contribution in [1.82, 2.24) is 9.55 Å². The molecule has 0 atom stereocenters. The zero-order chi connectivity index (χ0) is 14.3. The van der Waals surface area contributed by atoms with Crippen molar-refractivity contribution in [3.05, 3.63) is 53.2 Å². The highest BCUT2D eigenvalue weighted by Crippen LogP contribution is 2.21. The van der Waals surface area contributed by atoms with Gasteiger partial charge in [0, 0.05) is 0 Å². The van der Waals surface area contributed by atoms with E-state index < -0.39 is 5.97 Å². The minimum absolute atomic E-state index is 0.222. The molecule has 0 spiro atoms. The van der Waals surface area contributed by atoms with Crippen molar-refractivity contribution < 1.29 is 14.3 Å². The summed E-state index contributed by atoms with van der Waals surface area (Å²) in [6.07, 6.45) is 0. The van der Waals surface area contributed by atoms with E-state index in [2.05, 4.69) is 4.98 Å². The first-order chi connectivity index (χ1) is 9.56. The van der Waals surface area contributed by atoms with Crippen LogP contribution in [-0.4, -0.2) is 20.6 Å². The van der Waals surface area contributed by atoms with Gasteiger partial charge >= 0.3 is 5.97 Å². The van der Waals surface area contributed by atoms with E-state index in [0.29, 0.717) is 12.1 Å². The number of aryl methyl sites for hydroxylation is 2. The van der Waals surface area contributed by atoms with Crippen molar-refractivity contribution in [1.29, 1.82) is 0 Å². The number of rotatable bonds is 3. The maximum Gasteiger partial charge on any atom is 0.337 e. The maximum atomic E-state index is 11.2. The molecule has 2 heterocycles. The second kappa shape index (κ2) is 4.52. The van der Waals surface area contributed by atoms with Gasteiger partial charge in [-0.3, -0.25) is 0 Å². The summed E-state index contributed by atoms with van der Waals surface area (Å²) >= 11 is 0. The van der Waals surface area contributed by atoms with Crippen molar-refractivity contribution in [3.63, 3.8) is 0 Å². The van der Waals surface area contributed by atoms with Gasteiger partial charge in [-0.15, -0.1) is 0 Å². The number of para-hydroxylation sites is 1. The summed E-state index contributed by atoms with van der Waals surface area (Å²) in [6.45, 7) is 4.30. The SMILES string of the molecule is Cc1ccc(Cn2c(C)nc3c(C(=O)O)cccc32)o1. The molecule has 0 bridgehead atoms. The quantitative estimate of drug-likeness (QED) is 0.794. The van der Waals surface area contributed by atoms with Gasteiger partial charge in [-0.25, -0.2) is 9.78 Å². The van der Waals surface area contributed by atoms with Gasteiger partial charge in [0.25, 0.3) is 0 Å². The Morgan fingerprint density at radius 2 is 2.10 bits per heavy atom. The normalized spacial score (nSPS) is 11.1. The molecule has 3 rings (SSSR count). The van der Waals surface area contributed by atoms with E-state index in [1.807, 2.05) is 36.6 Å². The van der Waals surface area contributed by atoms with Gasteiger partial charge in [0.1, 0.15) is 22.9 Å². The van der Waals surface area contributed by atoms with E-state index in [4.69, 9.17) is 4.42 Å². The minimum Gasteiger partial charge on any atom is -0.478 e. The Kier molecular flexibility index (Phi) is 2.82. The summed E-state index contributed by atoms with van der Waals surface area (Å²) in [5.41, 5.74) is 1.54. The molecule has 102 valence electrons. The van der Waals surface area contributed by atoms with E-state index in [9.17, 15) is 9.90 Å². The molecule has 5 heteroatoms. The molecular weight excluding hydrogens is 256 g/mol. The van der Waals surface area contributed by atoms with E-state index >= 15 is 0 Å². The number of aromatic carboxylic acids is 1. The van der Waals surface area contributed by atoms with Crippen molar-refractivity contribution in [2.24, 2.45) is 0 Å². The summed E-state index contributed by atoms with van der Waals surface area (Å²) < 4.78 is 7.53. The van der Waals surface area contributed by atoms with Crippen LogP contribution in [0, 0.1) is 13.8 Å². The van der Waals surface area contributed by atoms with Crippen molar-refractivity contribution in [3.8, 4) is 0 Å². The fourth-order valence-corrected chi connectivity index (χ4v) is 2.36. The number of hydrogen-bond acceptors (Lipinski definition) is 3. The van der Waals surface area contributed by atoms with Crippen molar-refractivity contribution in [2.45, 2.75) is 20.4 Å². The summed E-state index contributed by atoms with van der Waals surface area (Å²) in [5.74, 6) is 1.48.